The maximum Gasteiger partial charge on any atom is 0.365 e. The standard InChI is InChI=1S/C15H21N3O3/c1-14(2)9-12(10-15(3,4)18(14)20)17-21-13(19)11-5-7-16-8-6-11/h5-8,20H,9-10H2,1-4H3. The fraction of sp³-hybridized carbons (Fsp3) is 0.533. The number of aromatic nitrogens is 1. The predicted molar refractivity (Wildman–Crippen MR) is 78.1 cm³/mol. The first-order valence-corrected chi connectivity index (χ1v) is 6.89. The highest BCUT2D eigenvalue weighted by Gasteiger charge is 2.43. The summed E-state index contributed by atoms with van der Waals surface area (Å²) in [6.07, 6.45) is 4.13. The van der Waals surface area contributed by atoms with Crippen LogP contribution in [0.25, 0.3) is 0 Å². The highest BCUT2D eigenvalue weighted by atomic mass is 16.7. The van der Waals surface area contributed by atoms with Gasteiger partial charge >= 0.3 is 5.97 Å². The van der Waals surface area contributed by atoms with Gasteiger partial charge in [0.15, 0.2) is 0 Å². The van der Waals surface area contributed by atoms with Crippen molar-refractivity contribution in [2.45, 2.75) is 51.6 Å². The molecule has 1 aliphatic heterocycles. The second-order valence-electron chi connectivity index (χ2n) is 6.56. The van der Waals surface area contributed by atoms with Crippen molar-refractivity contribution >= 4 is 11.7 Å². The van der Waals surface area contributed by atoms with Gasteiger partial charge in [-0.15, -0.1) is 0 Å². The summed E-state index contributed by atoms with van der Waals surface area (Å²) < 4.78 is 0. The molecule has 6 nitrogen and oxygen atoms in total. The predicted octanol–water partition coefficient (Wildman–Crippen LogP) is 2.64. The zero-order chi connectivity index (χ0) is 15.7. The van der Waals surface area contributed by atoms with Crippen molar-refractivity contribution in [2.24, 2.45) is 5.16 Å². The minimum Gasteiger partial charge on any atom is -0.313 e. The largest absolute Gasteiger partial charge is 0.365 e. The van der Waals surface area contributed by atoms with Gasteiger partial charge in [-0.3, -0.25) is 4.98 Å². The number of pyridine rings is 1. The maximum atomic E-state index is 11.9. The van der Waals surface area contributed by atoms with E-state index >= 15 is 0 Å². The molecule has 1 N–H and O–H groups in total. The molecule has 0 amide bonds. The summed E-state index contributed by atoms with van der Waals surface area (Å²) in [6, 6.07) is 3.15. The van der Waals surface area contributed by atoms with Crippen LogP contribution in [0.5, 0.6) is 0 Å². The lowest BCUT2D eigenvalue weighted by Crippen LogP contribution is -2.59. The third kappa shape index (κ3) is 3.46. The molecule has 0 radical (unpaired) electrons. The van der Waals surface area contributed by atoms with E-state index in [4.69, 9.17) is 4.84 Å². The maximum absolute atomic E-state index is 11.9. The van der Waals surface area contributed by atoms with Crippen molar-refractivity contribution in [2.75, 3.05) is 0 Å². The smallest absolute Gasteiger partial charge is 0.313 e. The Kier molecular flexibility index (Phi) is 4.11. The molecule has 1 aliphatic rings. The lowest BCUT2D eigenvalue weighted by molar-refractivity contribution is -0.226. The van der Waals surface area contributed by atoms with E-state index in [1.165, 1.54) is 17.5 Å². The van der Waals surface area contributed by atoms with Gasteiger partial charge in [-0.2, -0.15) is 5.06 Å². The zero-order valence-electron chi connectivity index (χ0n) is 12.8. The van der Waals surface area contributed by atoms with Crippen LogP contribution in [0.15, 0.2) is 29.7 Å². The molecule has 0 unspecified atom stereocenters. The highest BCUT2D eigenvalue weighted by Crippen LogP contribution is 2.35. The molecule has 1 fully saturated rings. The van der Waals surface area contributed by atoms with Crippen LogP contribution in [0.2, 0.25) is 0 Å². The Balaban J connectivity index is 2.10. The molecular weight excluding hydrogens is 270 g/mol. The van der Waals surface area contributed by atoms with Crippen LogP contribution in [0.4, 0.5) is 0 Å². The van der Waals surface area contributed by atoms with Crippen molar-refractivity contribution < 1.29 is 14.8 Å². The molecule has 6 heteroatoms. The van der Waals surface area contributed by atoms with Gasteiger partial charge < -0.3 is 10.0 Å². The molecule has 1 saturated heterocycles. The number of oxime groups is 1. The molecule has 0 aliphatic carbocycles. The second-order valence-corrected chi connectivity index (χ2v) is 6.56. The first kappa shape index (κ1) is 15.6. The third-order valence-corrected chi connectivity index (χ3v) is 3.59. The molecule has 2 heterocycles. The molecule has 21 heavy (non-hydrogen) atoms. The number of piperidine rings is 1. The van der Waals surface area contributed by atoms with Crippen LogP contribution in [0.1, 0.15) is 50.9 Å². The molecule has 0 bridgehead atoms. The number of carbonyl (C=O) groups excluding carboxylic acids is 1. The minimum atomic E-state index is -0.507. The average molecular weight is 291 g/mol. The highest BCUT2D eigenvalue weighted by molar-refractivity contribution is 5.91. The van der Waals surface area contributed by atoms with E-state index < -0.39 is 17.0 Å². The van der Waals surface area contributed by atoms with Gasteiger partial charge in [-0.25, -0.2) is 4.79 Å². The van der Waals surface area contributed by atoms with Gasteiger partial charge in [-0.05, 0) is 39.8 Å². The Morgan fingerprint density at radius 3 is 2.29 bits per heavy atom. The first-order valence-electron chi connectivity index (χ1n) is 6.89. The molecule has 0 aromatic carbocycles. The monoisotopic (exact) mass is 291 g/mol. The van der Waals surface area contributed by atoms with E-state index in [2.05, 4.69) is 10.1 Å². The molecule has 0 spiro atoms. The van der Waals surface area contributed by atoms with E-state index in [1.807, 2.05) is 27.7 Å². The first-order chi connectivity index (χ1) is 9.72. The third-order valence-electron chi connectivity index (χ3n) is 3.59. The van der Waals surface area contributed by atoms with Crippen LogP contribution >= 0.6 is 0 Å². The number of hydroxylamine groups is 2. The molecular formula is C15H21N3O3. The van der Waals surface area contributed by atoms with E-state index in [-0.39, 0.29) is 0 Å². The Hall–Kier alpha value is -1.79. The van der Waals surface area contributed by atoms with Gasteiger partial charge in [0, 0.05) is 36.3 Å². The fourth-order valence-corrected chi connectivity index (χ4v) is 2.74. The summed E-state index contributed by atoms with van der Waals surface area (Å²) in [5.74, 6) is -0.507. The van der Waals surface area contributed by atoms with E-state index in [0.717, 1.165) is 5.71 Å². The Morgan fingerprint density at radius 1 is 1.24 bits per heavy atom. The van der Waals surface area contributed by atoms with Crippen LogP contribution in [-0.4, -0.2) is 38.0 Å². The SMILES string of the molecule is CC1(C)CC(=NOC(=O)c2ccncc2)CC(C)(C)N1O. The summed E-state index contributed by atoms with van der Waals surface area (Å²) in [5.41, 5.74) is 0.262. The second kappa shape index (κ2) is 5.54. The molecule has 2 rings (SSSR count). The van der Waals surface area contributed by atoms with Crippen LogP contribution in [0.3, 0.4) is 0 Å². The number of rotatable bonds is 2. The molecule has 0 saturated carbocycles. The van der Waals surface area contributed by atoms with E-state index in [0.29, 0.717) is 18.4 Å². The van der Waals surface area contributed by atoms with Crippen molar-refractivity contribution in [1.82, 2.24) is 10.0 Å². The lowest BCUT2D eigenvalue weighted by Gasteiger charge is -2.48. The average Bonchev–Trinajstić information content (AvgIpc) is 2.42. The number of carbonyl (C=O) groups is 1. The fourth-order valence-electron chi connectivity index (χ4n) is 2.74. The Morgan fingerprint density at radius 2 is 1.76 bits per heavy atom. The number of hydrogen-bond donors (Lipinski definition) is 1. The lowest BCUT2D eigenvalue weighted by atomic mass is 9.81. The molecule has 114 valence electrons. The molecule has 1 aromatic heterocycles. The van der Waals surface area contributed by atoms with Gasteiger partial charge in [0.2, 0.25) is 0 Å². The summed E-state index contributed by atoms with van der Waals surface area (Å²) in [6.45, 7) is 7.70. The summed E-state index contributed by atoms with van der Waals surface area (Å²) >= 11 is 0. The molecule has 1 aromatic rings. The molecule has 0 atom stereocenters. The van der Waals surface area contributed by atoms with Crippen LogP contribution < -0.4 is 0 Å². The van der Waals surface area contributed by atoms with E-state index in [1.54, 1.807) is 12.1 Å². The number of nitrogens with zero attached hydrogens (tertiary/aromatic N) is 3. The van der Waals surface area contributed by atoms with Gasteiger partial charge in [-0.1, -0.05) is 5.16 Å². The minimum absolute atomic E-state index is 0.410. The van der Waals surface area contributed by atoms with Gasteiger partial charge in [0.1, 0.15) is 0 Å². The van der Waals surface area contributed by atoms with E-state index in [9.17, 15) is 10.0 Å². The van der Waals surface area contributed by atoms with Crippen molar-refractivity contribution in [3.8, 4) is 0 Å². The summed E-state index contributed by atoms with van der Waals surface area (Å²) in [5, 5.41) is 15.5. The van der Waals surface area contributed by atoms with Crippen molar-refractivity contribution in [3.05, 3.63) is 30.1 Å². The quantitative estimate of drug-likeness (QED) is 0.669. The zero-order valence-corrected chi connectivity index (χ0v) is 12.8. The normalized spacial score (nSPS) is 20.9. The van der Waals surface area contributed by atoms with Crippen LogP contribution in [0, 0.1) is 0 Å². The topological polar surface area (TPSA) is 75.0 Å². The Labute approximate surface area is 124 Å². The summed E-state index contributed by atoms with van der Waals surface area (Å²) in [7, 11) is 0. The summed E-state index contributed by atoms with van der Waals surface area (Å²) in [4.78, 5) is 20.7. The number of hydrogen-bond acceptors (Lipinski definition) is 6. The van der Waals surface area contributed by atoms with Crippen LogP contribution in [-0.2, 0) is 4.84 Å². The van der Waals surface area contributed by atoms with Gasteiger partial charge in [0.25, 0.3) is 0 Å². The van der Waals surface area contributed by atoms with Crippen molar-refractivity contribution in [1.29, 1.82) is 0 Å². The van der Waals surface area contributed by atoms with Gasteiger partial charge in [0.05, 0.1) is 11.3 Å². The van der Waals surface area contributed by atoms with Crippen molar-refractivity contribution in [3.63, 3.8) is 0 Å². The Bertz CT molecular complexity index is 533.